The quantitative estimate of drug-likeness (QED) is 0.173. The first kappa shape index (κ1) is 30.3. The van der Waals surface area contributed by atoms with Crippen LogP contribution in [-0.4, -0.2) is 4.98 Å². The summed E-state index contributed by atoms with van der Waals surface area (Å²) in [6.45, 7) is 0. The van der Waals surface area contributed by atoms with Gasteiger partial charge in [0.1, 0.15) is 27.8 Å². The predicted molar refractivity (Wildman–Crippen MR) is 220 cm³/mol. The molecule has 0 fully saturated rings. The molecular weight excluding hydrogens is 665 g/mol. The summed E-state index contributed by atoms with van der Waals surface area (Å²) in [6, 6.07) is 62.8. The van der Waals surface area contributed by atoms with E-state index in [0.29, 0.717) is 5.89 Å². The fourth-order valence-electron chi connectivity index (χ4n) is 7.67. The molecule has 5 heteroatoms. The van der Waals surface area contributed by atoms with Gasteiger partial charge in [-0.25, -0.2) is 4.98 Å². The van der Waals surface area contributed by atoms with Gasteiger partial charge in [0.05, 0.1) is 5.39 Å². The molecule has 0 N–H and O–H groups in total. The Morgan fingerprint density at radius 3 is 1.63 bits per heavy atom. The lowest BCUT2D eigenvalue weighted by Crippen LogP contribution is -2.09. The van der Waals surface area contributed by atoms with Crippen LogP contribution in [-0.2, 0) is 0 Å². The first-order chi connectivity index (χ1) is 26.7. The summed E-state index contributed by atoms with van der Waals surface area (Å²) in [7, 11) is 0. The molecule has 54 heavy (non-hydrogen) atoms. The molecule has 0 atom stereocenters. The minimum absolute atomic E-state index is 0.600. The van der Waals surface area contributed by atoms with Crippen LogP contribution in [0.4, 0.5) is 17.1 Å². The Kier molecular flexibility index (Phi) is 6.79. The second-order valence-electron chi connectivity index (χ2n) is 13.6. The zero-order valence-electron chi connectivity index (χ0n) is 28.9. The first-order valence-corrected chi connectivity index (χ1v) is 18.0. The molecule has 0 aliphatic rings. The number of furan rings is 2. The van der Waals surface area contributed by atoms with Crippen molar-refractivity contribution in [3.05, 3.63) is 182 Å². The van der Waals surface area contributed by atoms with Gasteiger partial charge in [-0.3, -0.25) is 0 Å². The van der Waals surface area contributed by atoms with E-state index in [1.54, 1.807) is 0 Å². The fourth-order valence-corrected chi connectivity index (χ4v) is 7.67. The molecule has 0 spiro atoms. The second kappa shape index (κ2) is 12.1. The number of anilines is 3. The minimum atomic E-state index is 0.600. The van der Waals surface area contributed by atoms with Crippen molar-refractivity contribution in [2.45, 2.75) is 0 Å². The molecule has 254 valence electrons. The van der Waals surface area contributed by atoms with Gasteiger partial charge in [-0.1, -0.05) is 97.1 Å². The van der Waals surface area contributed by atoms with E-state index in [4.69, 9.17) is 18.2 Å². The van der Waals surface area contributed by atoms with E-state index in [-0.39, 0.29) is 0 Å². The van der Waals surface area contributed by atoms with Gasteiger partial charge in [0.25, 0.3) is 0 Å². The Hall–Kier alpha value is -7.37. The highest BCUT2D eigenvalue weighted by atomic mass is 16.4. The van der Waals surface area contributed by atoms with Crippen LogP contribution < -0.4 is 4.90 Å². The van der Waals surface area contributed by atoms with Crippen LogP contribution in [0, 0.1) is 0 Å². The molecule has 8 aromatic carbocycles. The Morgan fingerprint density at radius 2 is 0.870 bits per heavy atom. The topological polar surface area (TPSA) is 55.6 Å². The summed E-state index contributed by atoms with van der Waals surface area (Å²) in [5.74, 6) is 0.600. The van der Waals surface area contributed by atoms with Crippen LogP contribution in [0.3, 0.4) is 0 Å². The van der Waals surface area contributed by atoms with Crippen molar-refractivity contribution in [3.63, 3.8) is 0 Å². The summed E-state index contributed by atoms with van der Waals surface area (Å²) in [4.78, 5) is 7.18. The standard InChI is InChI=1S/C49H30N2O3/c1-3-9-31(10-4-1)32-15-20-36(21-16-32)51(38-24-26-40-39-13-7-8-14-42(39)52-46(40)30-38)37-22-17-33(18-23-37)35-19-25-41-45(29-35)53-43-27-28-44-48(47(41)43)50-49(54-44)34-11-5-2-6-12-34/h1-30H. The summed E-state index contributed by atoms with van der Waals surface area (Å²) in [5.41, 5.74) is 13.4. The summed E-state index contributed by atoms with van der Waals surface area (Å²) >= 11 is 0. The normalized spacial score (nSPS) is 11.7. The van der Waals surface area contributed by atoms with Crippen molar-refractivity contribution < 1.29 is 13.3 Å². The summed E-state index contributed by atoms with van der Waals surface area (Å²) in [5, 5.41) is 4.19. The van der Waals surface area contributed by atoms with E-state index in [2.05, 4.69) is 126 Å². The molecule has 0 radical (unpaired) electrons. The fraction of sp³-hybridized carbons (Fsp3) is 0. The Balaban J connectivity index is 0.977. The van der Waals surface area contributed by atoms with E-state index < -0.39 is 0 Å². The lowest BCUT2D eigenvalue weighted by atomic mass is 10.0. The molecule has 0 saturated heterocycles. The molecule has 0 saturated carbocycles. The van der Waals surface area contributed by atoms with Crippen molar-refractivity contribution in [1.29, 1.82) is 0 Å². The van der Waals surface area contributed by atoms with Gasteiger partial charge in [-0.05, 0) is 101 Å². The molecule has 11 rings (SSSR count). The molecular formula is C49H30N2O3. The van der Waals surface area contributed by atoms with E-state index in [1.807, 2.05) is 60.7 Å². The average Bonchev–Trinajstić information content (AvgIpc) is 3.95. The number of benzene rings is 8. The van der Waals surface area contributed by atoms with Crippen LogP contribution in [0.1, 0.15) is 0 Å². The van der Waals surface area contributed by atoms with Gasteiger partial charge in [0, 0.05) is 44.9 Å². The van der Waals surface area contributed by atoms with Gasteiger partial charge in [-0.2, -0.15) is 0 Å². The Morgan fingerprint density at radius 1 is 0.333 bits per heavy atom. The van der Waals surface area contributed by atoms with Crippen molar-refractivity contribution in [2.24, 2.45) is 0 Å². The number of para-hydroxylation sites is 1. The molecule has 0 aliphatic heterocycles. The van der Waals surface area contributed by atoms with Gasteiger partial charge in [0.15, 0.2) is 5.58 Å². The van der Waals surface area contributed by atoms with Crippen LogP contribution in [0.25, 0.3) is 88.7 Å². The number of hydrogen-bond acceptors (Lipinski definition) is 5. The maximum absolute atomic E-state index is 6.42. The lowest BCUT2D eigenvalue weighted by molar-refractivity contribution is 0.619. The largest absolute Gasteiger partial charge is 0.456 e. The monoisotopic (exact) mass is 694 g/mol. The summed E-state index contributed by atoms with van der Waals surface area (Å²) in [6.07, 6.45) is 0. The van der Waals surface area contributed by atoms with Crippen LogP contribution in [0.2, 0.25) is 0 Å². The van der Waals surface area contributed by atoms with Gasteiger partial charge in [-0.15, -0.1) is 0 Å². The average molecular weight is 695 g/mol. The maximum atomic E-state index is 6.42. The van der Waals surface area contributed by atoms with E-state index in [0.717, 1.165) is 88.7 Å². The van der Waals surface area contributed by atoms with E-state index in [9.17, 15) is 0 Å². The minimum Gasteiger partial charge on any atom is -0.456 e. The number of rotatable bonds is 6. The van der Waals surface area contributed by atoms with E-state index >= 15 is 0 Å². The first-order valence-electron chi connectivity index (χ1n) is 18.0. The Labute approximate surface area is 309 Å². The van der Waals surface area contributed by atoms with Crippen molar-refractivity contribution >= 4 is 72.0 Å². The molecule has 3 heterocycles. The second-order valence-corrected chi connectivity index (χ2v) is 13.6. The van der Waals surface area contributed by atoms with Crippen molar-refractivity contribution in [2.75, 3.05) is 4.90 Å². The van der Waals surface area contributed by atoms with Crippen LogP contribution in [0.5, 0.6) is 0 Å². The molecule has 3 aromatic heterocycles. The molecule has 0 aliphatic carbocycles. The third-order valence-corrected chi connectivity index (χ3v) is 10.3. The third-order valence-electron chi connectivity index (χ3n) is 10.3. The van der Waals surface area contributed by atoms with Crippen LogP contribution in [0.15, 0.2) is 195 Å². The number of nitrogens with zero attached hydrogens (tertiary/aromatic N) is 2. The van der Waals surface area contributed by atoms with Crippen molar-refractivity contribution in [1.82, 2.24) is 4.98 Å². The van der Waals surface area contributed by atoms with Gasteiger partial charge >= 0.3 is 0 Å². The Bertz CT molecular complexity index is 3140. The smallest absolute Gasteiger partial charge is 0.227 e. The molecule has 5 nitrogen and oxygen atoms in total. The summed E-state index contributed by atoms with van der Waals surface area (Å²) < 4.78 is 18.9. The third kappa shape index (κ3) is 4.98. The zero-order valence-corrected chi connectivity index (χ0v) is 28.9. The van der Waals surface area contributed by atoms with E-state index in [1.165, 1.54) is 11.1 Å². The highest BCUT2D eigenvalue weighted by Crippen LogP contribution is 2.41. The maximum Gasteiger partial charge on any atom is 0.227 e. The highest BCUT2D eigenvalue weighted by Gasteiger charge is 2.19. The lowest BCUT2D eigenvalue weighted by Gasteiger charge is -2.26. The number of aromatic nitrogens is 1. The zero-order chi connectivity index (χ0) is 35.6. The molecule has 11 aromatic rings. The van der Waals surface area contributed by atoms with Gasteiger partial charge < -0.3 is 18.2 Å². The highest BCUT2D eigenvalue weighted by molar-refractivity contribution is 6.17. The number of oxazole rings is 1. The molecule has 0 amide bonds. The van der Waals surface area contributed by atoms with Crippen LogP contribution >= 0.6 is 0 Å². The van der Waals surface area contributed by atoms with Crippen molar-refractivity contribution in [3.8, 4) is 33.7 Å². The molecule has 0 unspecified atom stereocenters. The number of hydrogen-bond donors (Lipinski definition) is 0. The predicted octanol–water partition coefficient (Wildman–Crippen LogP) is 14.1. The number of fused-ring (bicyclic) bond motifs is 8. The van der Waals surface area contributed by atoms with Gasteiger partial charge in [0.2, 0.25) is 5.89 Å². The molecule has 0 bridgehead atoms. The SMILES string of the molecule is c1ccc(-c2ccc(N(c3ccc(-c4ccc5c(c4)oc4ccc6oc(-c7ccccc7)nc6c45)cc3)c3ccc4c(c3)oc3ccccc34)cc2)cc1.